The Morgan fingerprint density at radius 2 is 1.69 bits per heavy atom. The Kier molecular flexibility index (Phi) is 9.20. The molecule has 8 heteroatoms. The number of anilines is 1. The van der Waals surface area contributed by atoms with Crippen LogP contribution >= 0.6 is 23.1 Å². The van der Waals surface area contributed by atoms with Gasteiger partial charge in [0, 0.05) is 30.2 Å². The number of nitrogens with zero attached hydrogens (tertiary/aromatic N) is 3. The van der Waals surface area contributed by atoms with Crippen LogP contribution in [0, 0.1) is 0 Å². The van der Waals surface area contributed by atoms with Gasteiger partial charge in [0.2, 0.25) is 5.91 Å². The van der Waals surface area contributed by atoms with Gasteiger partial charge in [-0.2, -0.15) is 0 Å². The van der Waals surface area contributed by atoms with E-state index in [-0.39, 0.29) is 5.91 Å². The van der Waals surface area contributed by atoms with Crippen LogP contribution in [0.15, 0.2) is 47.4 Å². The fraction of sp³-hybridized carbons (Fsp3) is 0.417. The minimum atomic E-state index is 0.101. The van der Waals surface area contributed by atoms with E-state index in [9.17, 15) is 4.79 Å². The van der Waals surface area contributed by atoms with Crippen molar-refractivity contribution in [2.24, 2.45) is 0 Å². The molecule has 0 aliphatic carbocycles. The summed E-state index contributed by atoms with van der Waals surface area (Å²) < 4.78 is 11.6. The predicted octanol–water partition coefficient (Wildman–Crippen LogP) is 5.17. The van der Waals surface area contributed by atoms with Crippen LogP contribution in [0.2, 0.25) is 0 Å². The fourth-order valence-electron chi connectivity index (χ4n) is 3.31. The van der Waals surface area contributed by atoms with Crippen molar-refractivity contribution in [3.05, 3.63) is 42.5 Å². The Morgan fingerprint density at radius 3 is 2.34 bits per heavy atom. The second kappa shape index (κ2) is 12.1. The summed E-state index contributed by atoms with van der Waals surface area (Å²) in [5.41, 5.74) is 0.888. The molecule has 0 unspecified atom stereocenters. The average Bonchev–Trinajstić information content (AvgIpc) is 3.25. The SMILES string of the molecule is CCN(CC)CCN(C(=O)CCSc1ccc(OC)cc1)c1nc2ccc(OC)cc2s1. The summed E-state index contributed by atoms with van der Waals surface area (Å²) in [5.74, 6) is 2.44. The van der Waals surface area contributed by atoms with Crippen molar-refractivity contribution < 1.29 is 14.3 Å². The van der Waals surface area contributed by atoms with E-state index in [2.05, 4.69) is 18.7 Å². The van der Waals surface area contributed by atoms with Gasteiger partial charge in [0.25, 0.3) is 0 Å². The molecule has 0 N–H and O–H groups in total. The lowest BCUT2D eigenvalue weighted by atomic mass is 10.3. The summed E-state index contributed by atoms with van der Waals surface area (Å²) in [5, 5.41) is 0.750. The molecule has 172 valence electrons. The molecule has 0 bridgehead atoms. The first kappa shape index (κ1) is 24.4. The van der Waals surface area contributed by atoms with E-state index >= 15 is 0 Å². The molecule has 2 aromatic carbocycles. The highest BCUT2D eigenvalue weighted by atomic mass is 32.2. The number of thioether (sulfide) groups is 1. The Bertz CT molecular complexity index is 1000. The van der Waals surface area contributed by atoms with E-state index < -0.39 is 0 Å². The number of carbonyl (C=O) groups is 1. The van der Waals surface area contributed by atoms with Gasteiger partial charge in [-0.15, -0.1) is 11.8 Å². The third-order valence-electron chi connectivity index (χ3n) is 5.29. The van der Waals surface area contributed by atoms with E-state index in [1.807, 2.05) is 47.4 Å². The van der Waals surface area contributed by atoms with Crippen LogP contribution in [0.3, 0.4) is 0 Å². The minimum Gasteiger partial charge on any atom is -0.497 e. The van der Waals surface area contributed by atoms with Gasteiger partial charge in [0.05, 0.1) is 24.4 Å². The van der Waals surface area contributed by atoms with Gasteiger partial charge in [-0.25, -0.2) is 4.98 Å². The van der Waals surface area contributed by atoms with Crippen molar-refractivity contribution in [2.45, 2.75) is 25.2 Å². The Morgan fingerprint density at radius 1 is 1.00 bits per heavy atom. The van der Waals surface area contributed by atoms with Gasteiger partial charge in [-0.1, -0.05) is 25.2 Å². The maximum Gasteiger partial charge on any atom is 0.229 e. The van der Waals surface area contributed by atoms with Crippen molar-refractivity contribution >= 4 is 44.4 Å². The topological polar surface area (TPSA) is 54.9 Å². The number of aromatic nitrogens is 1. The van der Waals surface area contributed by atoms with Crippen LogP contribution in [0.5, 0.6) is 11.5 Å². The Labute approximate surface area is 198 Å². The molecule has 3 rings (SSSR count). The number of fused-ring (bicyclic) bond motifs is 1. The van der Waals surface area contributed by atoms with Crippen LogP contribution in [0.25, 0.3) is 10.2 Å². The molecule has 32 heavy (non-hydrogen) atoms. The summed E-state index contributed by atoms with van der Waals surface area (Å²) in [4.78, 5) is 23.3. The highest BCUT2D eigenvalue weighted by Crippen LogP contribution is 2.32. The standard InChI is InChI=1S/C24H31N3O3S2/c1-5-26(6-2)14-15-27(24-25-21-12-9-19(30-4)17-22(21)32-24)23(28)13-16-31-20-10-7-18(29-3)8-11-20/h7-12,17H,5-6,13-16H2,1-4H3. The number of rotatable bonds is 12. The van der Waals surface area contributed by atoms with Crippen molar-refractivity contribution in [3.63, 3.8) is 0 Å². The minimum absolute atomic E-state index is 0.101. The largest absolute Gasteiger partial charge is 0.497 e. The molecule has 6 nitrogen and oxygen atoms in total. The lowest BCUT2D eigenvalue weighted by molar-refractivity contribution is -0.118. The lowest BCUT2D eigenvalue weighted by Gasteiger charge is -2.24. The van der Waals surface area contributed by atoms with Gasteiger partial charge in [0.15, 0.2) is 5.13 Å². The van der Waals surface area contributed by atoms with E-state index in [0.717, 1.165) is 51.4 Å². The zero-order chi connectivity index (χ0) is 22.9. The van der Waals surface area contributed by atoms with E-state index in [1.165, 1.54) is 11.3 Å². The van der Waals surface area contributed by atoms with Gasteiger partial charge in [-0.3, -0.25) is 9.69 Å². The maximum atomic E-state index is 13.2. The number of likely N-dealkylation sites (N-methyl/N-ethyl adjacent to an activating group) is 1. The number of hydrogen-bond donors (Lipinski definition) is 0. The molecule has 0 saturated carbocycles. The Hall–Kier alpha value is -2.29. The number of carbonyl (C=O) groups excluding carboxylic acids is 1. The van der Waals surface area contributed by atoms with Crippen molar-refractivity contribution in [2.75, 3.05) is 51.1 Å². The lowest BCUT2D eigenvalue weighted by Crippen LogP contribution is -2.39. The molecule has 3 aromatic rings. The molecule has 0 radical (unpaired) electrons. The fourth-order valence-corrected chi connectivity index (χ4v) is 5.18. The predicted molar refractivity (Wildman–Crippen MR) is 135 cm³/mol. The first-order valence-corrected chi connectivity index (χ1v) is 12.6. The highest BCUT2D eigenvalue weighted by molar-refractivity contribution is 7.99. The average molecular weight is 474 g/mol. The van der Waals surface area contributed by atoms with Gasteiger partial charge in [0.1, 0.15) is 11.5 Å². The van der Waals surface area contributed by atoms with Gasteiger partial charge in [-0.05, 0) is 55.6 Å². The smallest absolute Gasteiger partial charge is 0.229 e. The third kappa shape index (κ3) is 6.37. The number of benzene rings is 2. The number of amides is 1. The second-order valence-corrected chi connectivity index (χ2v) is 9.35. The van der Waals surface area contributed by atoms with E-state index in [4.69, 9.17) is 14.5 Å². The van der Waals surface area contributed by atoms with Crippen molar-refractivity contribution in [1.29, 1.82) is 0 Å². The highest BCUT2D eigenvalue weighted by Gasteiger charge is 2.20. The van der Waals surface area contributed by atoms with Gasteiger partial charge >= 0.3 is 0 Å². The molecular formula is C24H31N3O3S2. The third-order valence-corrected chi connectivity index (χ3v) is 7.35. The molecule has 0 aliphatic rings. The summed E-state index contributed by atoms with van der Waals surface area (Å²) in [6.45, 7) is 7.66. The molecule has 1 aromatic heterocycles. The summed E-state index contributed by atoms with van der Waals surface area (Å²) in [6.07, 6.45) is 0.453. The molecular weight excluding hydrogens is 442 g/mol. The summed E-state index contributed by atoms with van der Waals surface area (Å²) in [6, 6.07) is 13.7. The number of hydrogen-bond acceptors (Lipinski definition) is 7. The van der Waals surface area contributed by atoms with Gasteiger partial charge < -0.3 is 14.4 Å². The maximum absolute atomic E-state index is 13.2. The van der Waals surface area contributed by atoms with E-state index in [1.54, 1.807) is 26.0 Å². The first-order chi connectivity index (χ1) is 15.6. The zero-order valence-electron chi connectivity index (χ0n) is 19.2. The monoisotopic (exact) mass is 473 g/mol. The first-order valence-electron chi connectivity index (χ1n) is 10.8. The summed E-state index contributed by atoms with van der Waals surface area (Å²) >= 11 is 3.22. The van der Waals surface area contributed by atoms with Crippen molar-refractivity contribution in [1.82, 2.24) is 9.88 Å². The van der Waals surface area contributed by atoms with Crippen LogP contribution < -0.4 is 14.4 Å². The molecule has 0 saturated heterocycles. The van der Waals surface area contributed by atoms with Crippen LogP contribution in [0.1, 0.15) is 20.3 Å². The molecule has 0 atom stereocenters. The summed E-state index contributed by atoms with van der Waals surface area (Å²) in [7, 11) is 3.31. The Balaban J connectivity index is 1.71. The molecule has 1 heterocycles. The normalized spacial score (nSPS) is 11.2. The number of ether oxygens (including phenoxy) is 2. The van der Waals surface area contributed by atoms with Crippen LogP contribution in [-0.4, -0.2) is 61.9 Å². The zero-order valence-corrected chi connectivity index (χ0v) is 20.8. The quantitative estimate of drug-likeness (QED) is 0.338. The molecule has 1 amide bonds. The number of thiazole rings is 1. The van der Waals surface area contributed by atoms with Crippen LogP contribution in [-0.2, 0) is 4.79 Å². The second-order valence-electron chi connectivity index (χ2n) is 7.18. The van der Waals surface area contributed by atoms with Crippen LogP contribution in [0.4, 0.5) is 5.13 Å². The molecule has 0 aliphatic heterocycles. The molecule has 0 spiro atoms. The van der Waals surface area contributed by atoms with Crippen molar-refractivity contribution in [3.8, 4) is 11.5 Å². The number of methoxy groups -OCH3 is 2. The molecule has 0 fully saturated rings. The van der Waals surface area contributed by atoms with E-state index in [0.29, 0.717) is 18.7 Å².